The van der Waals surface area contributed by atoms with E-state index in [1.807, 2.05) is 0 Å². The maximum atomic E-state index is 12.6. The highest BCUT2D eigenvalue weighted by Crippen LogP contribution is 2.04. The summed E-state index contributed by atoms with van der Waals surface area (Å²) in [4.78, 5) is 81.4. The quantitative estimate of drug-likeness (QED) is 0.110. The average Bonchev–Trinajstić information content (AvgIpc) is 2.74. The molecule has 0 aliphatic rings. The van der Waals surface area contributed by atoms with Crippen LogP contribution in [0.3, 0.4) is 0 Å². The Kier molecular flexibility index (Phi) is 14.7. The third-order valence-electron chi connectivity index (χ3n) is 4.33. The zero-order valence-electron chi connectivity index (χ0n) is 18.9. The van der Waals surface area contributed by atoms with Crippen LogP contribution in [-0.4, -0.2) is 88.4 Å². The lowest BCUT2D eigenvalue weighted by molar-refractivity contribution is -0.139. The Hall–Kier alpha value is -3.36. The third-order valence-corrected chi connectivity index (χ3v) is 4.98. The van der Waals surface area contributed by atoms with Gasteiger partial charge in [0.2, 0.25) is 29.5 Å². The van der Waals surface area contributed by atoms with Crippen LogP contribution in [0.2, 0.25) is 0 Å². The fourth-order valence-corrected chi connectivity index (χ4v) is 3.12. The van der Waals surface area contributed by atoms with Crippen molar-refractivity contribution in [3.8, 4) is 0 Å². The van der Waals surface area contributed by atoms with E-state index in [4.69, 9.17) is 15.9 Å². The highest BCUT2D eigenvalue weighted by Gasteiger charge is 2.26. The van der Waals surface area contributed by atoms with Gasteiger partial charge in [0, 0.05) is 19.8 Å². The number of hydrogen-bond acceptors (Lipinski definition) is 8. The Morgan fingerprint density at radius 3 is 1.79 bits per heavy atom. The van der Waals surface area contributed by atoms with Crippen molar-refractivity contribution in [1.29, 1.82) is 0 Å². The number of aliphatic carboxylic acids is 2. The summed E-state index contributed by atoms with van der Waals surface area (Å²) in [5, 5.41) is 26.8. The van der Waals surface area contributed by atoms with Crippen molar-refractivity contribution < 1.29 is 43.8 Å². The number of carbonyl (C=O) groups is 7. The summed E-state index contributed by atoms with van der Waals surface area (Å²) in [6.45, 7) is 0.585. The molecule has 0 saturated heterocycles. The standard InChI is InChI=1S/C19H31N5O9S/c1-10(25)22-12(4-6-16(29)30)18(32)21-9-14(26)23-13(7-8-34-2)19(33)24-11(17(20)31)3-5-15(27)28/h11-13H,3-9H2,1-2H3,(H2,20,31)(H,21,32)(H,22,25)(H,23,26)(H,24,33)(H,27,28)(H,29,30)/t11-,12-,13-/m0/s1. The van der Waals surface area contributed by atoms with Crippen molar-refractivity contribution in [2.45, 2.75) is 57.2 Å². The molecule has 34 heavy (non-hydrogen) atoms. The highest BCUT2D eigenvalue weighted by molar-refractivity contribution is 7.98. The predicted octanol–water partition coefficient (Wildman–Crippen LogP) is -2.46. The summed E-state index contributed by atoms with van der Waals surface area (Å²) >= 11 is 1.39. The zero-order chi connectivity index (χ0) is 26.3. The number of primary amides is 1. The molecule has 0 aliphatic carbocycles. The average molecular weight is 506 g/mol. The van der Waals surface area contributed by atoms with E-state index in [2.05, 4.69) is 21.3 Å². The van der Waals surface area contributed by atoms with E-state index in [0.717, 1.165) is 6.92 Å². The Bertz CT molecular complexity index is 777. The van der Waals surface area contributed by atoms with Crippen LogP contribution in [0.1, 0.15) is 39.0 Å². The molecule has 15 heteroatoms. The number of carboxylic acid groups (broad SMARTS) is 2. The monoisotopic (exact) mass is 505 g/mol. The second-order valence-electron chi connectivity index (χ2n) is 7.20. The van der Waals surface area contributed by atoms with Gasteiger partial charge in [0.05, 0.1) is 6.54 Å². The van der Waals surface area contributed by atoms with Gasteiger partial charge in [-0.3, -0.25) is 33.6 Å². The van der Waals surface area contributed by atoms with Crippen LogP contribution in [0, 0.1) is 0 Å². The summed E-state index contributed by atoms with van der Waals surface area (Å²) < 4.78 is 0. The van der Waals surface area contributed by atoms with Gasteiger partial charge in [-0.25, -0.2) is 0 Å². The fourth-order valence-electron chi connectivity index (χ4n) is 2.65. The van der Waals surface area contributed by atoms with Crippen LogP contribution < -0.4 is 27.0 Å². The molecule has 0 unspecified atom stereocenters. The van der Waals surface area contributed by atoms with E-state index in [0.29, 0.717) is 5.75 Å². The number of thioether (sulfide) groups is 1. The normalized spacial score (nSPS) is 13.0. The number of amides is 5. The molecule has 0 rings (SSSR count). The Morgan fingerprint density at radius 2 is 1.32 bits per heavy atom. The number of hydrogen-bond donors (Lipinski definition) is 7. The number of carboxylic acids is 2. The number of nitrogens with two attached hydrogens (primary N) is 1. The number of nitrogens with one attached hydrogen (secondary N) is 4. The molecule has 0 spiro atoms. The molecular weight excluding hydrogens is 474 g/mol. The molecule has 8 N–H and O–H groups in total. The fraction of sp³-hybridized carbons (Fsp3) is 0.632. The van der Waals surface area contributed by atoms with Gasteiger partial charge in [-0.05, 0) is 31.3 Å². The molecule has 0 aliphatic heterocycles. The maximum Gasteiger partial charge on any atom is 0.303 e. The summed E-state index contributed by atoms with van der Waals surface area (Å²) in [5.41, 5.74) is 5.21. The van der Waals surface area contributed by atoms with Gasteiger partial charge in [0.15, 0.2) is 0 Å². The van der Waals surface area contributed by atoms with Gasteiger partial charge in [-0.2, -0.15) is 11.8 Å². The third kappa shape index (κ3) is 13.9. The minimum absolute atomic E-state index is 0.171. The van der Waals surface area contributed by atoms with Crippen molar-refractivity contribution in [3.63, 3.8) is 0 Å². The Morgan fingerprint density at radius 1 is 0.794 bits per heavy atom. The van der Waals surface area contributed by atoms with Gasteiger partial charge in [0.1, 0.15) is 18.1 Å². The van der Waals surface area contributed by atoms with E-state index in [-0.39, 0.29) is 25.7 Å². The van der Waals surface area contributed by atoms with Gasteiger partial charge in [-0.1, -0.05) is 0 Å². The summed E-state index contributed by atoms with van der Waals surface area (Å²) in [6.07, 6.45) is 0.742. The van der Waals surface area contributed by atoms with Crippen molar-refractivity contribution in [1.82, 2.24) is 21.3 Å². The van der Waals surface area contributed by atoms with E-state index in [9.17, 15) is 33.6 Å². The van der Waals surface area contributed by atoms with Crippen molar-refractivity contribution in [3.05, 3.63) is 0 Å². The second kappa shape index (κ2) is 16.3. The van der Waals surface area contributed by atoms with Crippen LogP contribution in [0.4, 0.5) is 0 Å². The molecule has 0 saturated carbocycles. The second-order valence-corrected chi connectivity index (χ2v) is 8.19. The molecule has 0 aromatic rings. The maximum absolute atomic E-state index is 12.6. The molecule has 192 valence electrons. The first-order chi connectivity index (χ1) is 15.9. The van der Waals surface area contributed by atoms with Crippen molar-refractivity contribution >= 4 is 53.2 Å². The van der Waals surface area contributed by atoms with Gasteiger partial charge in [0.25, 0.3) is 0 Å². The van der Waals surface area contributed by atoms with Crippen LogP contribution in [0.5, 0.6) is 0 Å². The molecule has 3 atom stereocenters. The van der Waals surface area contributed by atoms with E-state index < -0.39 is 72.6 Å². The SMILES string of the molecule is CSCC[C@H](NC(=O)CNC(=O)[C@H](CCC(=O)O)NC(C)=O)C(=O)N[C@@H](CCC(=O)O)C(N)=O. The Labute approximate surface area is 200 Å². The Balaban J connectivity index is 5.05. The summed E-state index contributed by atoms with van der Waals surface area (Å²) in [6, 6.07) is -3.51. The lowest BCUT2D eigenvalue weighted by Crippen LogP contribution is -2.55. The first-order valence-electron chi connectivity index (χ1n) is 10.2. The highest BCUT2D eigenvalue weighted by atomic mass is 32.2. The first kappa shape index (κ1) is 30.6. The number of carbonyl (C=O) groups excluding carboxylic acids is 5. The molecule has 14 nitrogen and oxygen atoms in total. The molecule has 0 aromatic carbocycles. The molecule has 5 amide bonds. The summed E-state index contributed by atoms with van der Waals surface area (Å²) in [7, 11) is 0. The smallest absolute Gasteiger partial charge is 0.303 e. The van der Waals surface area contributed by atoms with Crippen LogP contribution in [0.15, 0.2) is 0 Å². The summed E-state index contributed by atoms with van der Waals surface area (Å²) in [5.74, 6) is -5.65. The largest absolute Gasteiger partial charge is 0.481 e. The molecule has 0 aromatic heterocycles. The minimum atomic E-state index is -1.25. The zero-order valence-corrected chi connectivity index (χ0v) is 19.7. The van der Waals surface area contributed by atoms with Crippen LogP contribution >= 0.6 is 11.8 Å². The van der Waals surface area contributed by atoms with E-state index in [1.54, 1.807) is 6.26 Å². The van der Waals surface area contributed by atoms with Gasteiger partial charge >= 0.3 is 11.9 Å². The van der Waals surface area contributed by atoms with Crippen LogP contribution in [0.25, 0.3) is 0 Å². The van der Waals surface area contributed by atoms with E-state index in [1.165, 1.54) is 11.8 Å². The number of rotatable bonds is 17. The molecule has 0 heterocycles. The van der Waals surface area contributed by atoms with Gasteiger partial charge in [-0.15, -0.1) is 0 Å². The first-order valence-corrected chi connectivity index (χ1v) is 11.6. The van der Waals surface area contributed by atoms with Crippen molar-refractivity contribution in [2.24, 2.45) is 5.73 Å². The van der Waals surface area contributed by atoms with E-state index >= 15 is 0 Å². The molecule has 0 radical (unpaired) electrons. The molecular formula is C19H31N5O9S. The lowest BCUT2D eigenvalue weighted by atomic mass is 10.1. The molecule has 0 fully saturated rings. The van der Waals surface area contributed by atoms with Gasteiger partial charge < -0.3 is 37.2 Å². The van der Waals surface area contributed by atoms with Crippen LogP contribution in [-0.2, 0) is 33.6 Å². The lowest BCUT2D eigenvalue weighted by Gasteiger charge is -2.22. The predicted molar refractivity (Wildman–Crippen MR) is 120 cm³/mol. The molecule has 0 bridgehead atoms. The topological polar surface area (TPSA) is 234 Å². The minimum Gasteiger partial charge on any atom is -0.481 e. The van der Waals surface area contributed by atoms with Crippen molar-refractivity contribution in [2.75, 3.05) is 18.6 Å².